The number of ketones is 2. The van der Waals surface area contributed by atoms with Crippen molar-refractivity contribution >= 4 is 34.0 Å². The maximum Gasteiger partial charge on any atom is 0.230 e. The van der Waals surface area contributed by atoms with Gasteiger partial charge in [-0.25, -0.2) is 0 Å². The molecule has 3 aromatic rings. The van der Waals surface area contributed by atoms with Gasteiger partial charge in [0.05, 0.1) is 24.9 Å². The molecule has 0 aromatic heterocycles. The average molecular weight is 599 g/mol. The minimum atomic E-state index is -2.60. The molecule has 1 aliphatic heterocycles. The van der Waals surface area contributed by atoms with Crippen molar-refractivity contribution in [1.82, 2.24) is 4.90 Å². The predicted octanol–water partition coefficient (Wildman–Crippen LogP) is 2.24. The average Bonchev–Trinajstić information content (AvgIpc) is 3.00. The number of aromatic hydroxyl groups is 1. The topological polar surface area (TPSA) is 171 Å². The number of benzene rings is 3. The lowest BCUT2D eigenvalue weighted by molar-refractivity contribution is -0.174. The number of aliphatic hydroxyl groups is 3. The van der Waals surface area contributed by atoms with Gasteiger partial charge in [0.1, 0.15) is 17.4 Å². The number of morpholine rings is 1. The Morgan fingerprint density at radius 1 is 0.977 bits per heavy atom. The Labute approximate surface area is 253 Å². The zero-order chi connectivity index (χ0) is 30.9. The molecular formula is C34H34N2O8. The first-order valence-electron chi connectivity index (χ1n) is 15.0. The molecule has 10 heteroatoms. The molecule has 228 valence electrons. The zero-order valence-electron chi connectivity index (χ0n) is 24.0. The molecule has 3 aromatic carbocycles. The van der Waals surface area contributed by atoms with Gasteiger partial charge < -0.3 is 30.9 Å². The van der Waals surface area contributed by atoms with Crippen molar-refractivity contribution in [2.24, 2.45) is 23.5 Å². The molecule has 1 amide bonds. The number of fused-ring (bicyclic) bond motifs is 4. The van der Waals surface area contributed by atoms with E-state index in [9.17, 15) is 34.8 Å². The van der Waals surface area contributed by atoms with Crippen LogP contribution in [0.2, 0.25) is 0 Å². The zero-order valence-corrected chi connectivity index (χ0v) is 24.0. The first-order valence-corrected chi connectivity index (χ1v) is 15.0. The molecule has 2 saturated carbocycles. The number of carbonyl (C=O) groups excluding carboxylic acids is 3. The fraction of sp³-hybridized carbons (Fsp3) is 0.382. The Morgan fingerprint density at radius 3 is 2.41 bits per heavy atom. The molecule has 44 heavy (non-hydrogen) atoms. The molecule has 1 heterocycles. The van der Waals surface area contributed by atoms with Gasteiger partial charge in [-0.05, 0) is 64.3 Å². The third-order valence-corrected chi connectivity index (χ3v) is 10.1. The van der Waals surface area contributed by atoms with Gasteiger partial charge in [-0.15, -0.1) is 0 Å². The fourth-order valence-corrected chi connectivity index (χ4v) is 7.91. The monoisotopic (exact) mass is 598 g/mol. The molecule has 0 radical (unpaired) electrons. The maximum absolute atomic E-state index is 13.8. The molecule has 0 spiro atoms. The quantitative estimate of drug-likeness (QED) is 0.283. The van der Waals surface area contributed by atoms with E-state index < -0.39 is 52.7 Å². The standard InChI is InChI=1S/C34H34N2O8/c35-33(42)29-26(38)15-19-13-18-14-24-23(7-8-25(37)28(24)30(39)27(18)31(40)34(19,43)32(29)41)22-6-5-17(16-36-9-11-44-12-10-36)20-3-1-2-4-21(20)22/h1-8,18-19,26,29,37-39,43H,9-16H2,(H2,35,42)/t18-,19+,26?,29?,34+/m1/s1. The lowest BCUT2D eigenvalue weighted by Gasteiger charge is -2.48. The van der Waals surface area contributed by atoms with Gasteiger partial charge in [0.25, 0.3) is 0 Å². The number of hydrogen-bond acceptors (Lipinski definition) is 9. The van der Waals surface area contributed by atoms with E-state index in [2.05, 4.69) is 17.0 Å². The number of aliphatic hydroxyl groups excluding tert-OH is 2. The number of nitrogens with two attached hydrogens (primary N) is 1. The normalized spacial score (nSPS) is 28.9. The Hall–Kier alpha value is -4.09. The number of phenols is 1. The van der Waals surface area contributed by atoms with Crippen LogP contribution in [0.1, 0.15) is 29.5 Å². The summed E-state index contributed by atoms with van der Waals surface area (Å²) in [5, 5.41) is 46.7. The van der Waals surface area contributed by atoms with Crippen LogP contribution in [0.25, 0.3) is 27.7 Å². The van der Waals surface area contributed by atoms with E-state index in [0.717, 1.165) is 41.5 Å². The van der Waals surface area contributed by atoms with Gasteiger partial charge in [0, 0.05) is 31.1 Å². The first kappa shape index (κ1) is 28.7. The van der Waals surface area contributed by atoms with Crippen molar-refractivity contribution in [2.45, 2.75) is 37.5 Å². The highest BCUT2D eigenvalue weighted by molar-refractivity contribution is 6.24. The Kier molecular flexibility index (Phi) is 6.85. The van der Waals surface area contributed by atoms with Crippen LogP contribution < -0.4 is 5.73 Å². The number of carbonyl (C=O) groups is 3. The van der Waals surface area contributed by atoms with Crippen molar-refractivity contribution in [2.75, 3.05) is 26.3 Å². The van der Waals surface area contributed by atoms with E-state index in [-0.39, 0.29) is 36.1 Å². The van der Waals surface area contributed by atoms with Crippen molar-refractivity contribution in [3.8, 4) is 16.9 Å². The summed E-state index contributed by atoms with van der Waals surface area (Å²) in [6.07, 6.45) is -1.22. The largest absolute Gasteiger partial charge is 0.507 e. The molecule has 3 fully saturated rings. The van der Waals surface area contributed by atoms with Crippen LogP contribution in [0.15, 0.2) is 54.1 Å². The van der Waals surface area contributed by atoms with E-state index in [1.807, 2.05) is 30.3 Å². The molecule has 2 unspecified atom stereocenters. The van der Waals surface area contributed by atoms with Gasteiger partial charge in [0.15, 0.2) is 11.4 Å². The number of amides is 1. The summed E-state index contributed by atoms with van der Waals surface area (Å²) >= 11 is 0. The number of Topliss-reactive ketones (excluding diaryl/α,β-unsaturated/α-hetero) is 2. The highest BCUT2D eigenvalue weighted by Gasteiger charge is 2.64. The van der Waals surface area contributed by atoms with Crippen LogP contribution in [-0.2, 0) is 32.1 Å². The molecule has 7 rings (SSSR count). The van der Waals surface area contributed by atoms with Gasteiger partial charge in [0.2, 0.25) is 11.7 Å². The van der Waals surface area contributed by atoms with Crippen molar-refractivity contribution in [3.05, 3.63) is 70.8 Å². The van der Waals surface area contributed by atoms with E-state index >= 15 is 0 Å². The highest BCUT2D eigenvalue weighted by Crippen LogP contribution is 2.53. The van der Waals surface area contributed by atoms with Crippen LogP contribution in [0, 0.1) is 17.8 Å². The molecule has 1 saturated heterocycles. The van der Waals surface area contributed by atoms with Crippen LogP contribution in [0.3, 0.4) is 0 Å². The molecule has 4 aliphatic rings. The number of nitrogens with zero attached hydrogens (tertiary/aromatic N) is 1. The number of ether oxygens (including phenoxy) is 1. The molecule has 6 N–H and O–H groups in total. The summed E-state index contributed by atoms with van der Waals surface area (Å²) in [4.78, 5) is 41.4. The third-order valence-electron chi connectivity index (χ3n) is 10.1. The lowest BCUT2D eigenvalue weighted by atomic mass is 9.56. The van der Waals surface area contributed by atoms with E-state index in [4.69, 9.17) is 10.5 Å². The number of rotatable bonds is 4. The summed E-state index contributed by atoms with van der Waals surface area (Å²) in [6, 6.07) is 15.5. The van der Waals surface area contributed by atoms with Gasteiger partial charge >= 0.3 is 0 Å². The number of primary amides is 1. The maximum atomic E-state index is 13.8. The van der Waals surface area contributed by atoms with Crippen molar-refractivity contribution in [1.29, 1.82) is 0 Å². The molecule has 0 bridgehead atoms. The number of hydrogen-bond donors (Lipinski definition) is 5. The van der Waals surface area contributed by atoms with E-state index in [1.165, 1.54) is 11.6 Å². The predicted molar refractivity (Wildman–Crippen MR) is 160 cm³/mol. The van der Waals surface area contributed by atoms with Crippen molar-refractivity contribution < 1.29 is 39.5 Å². The summed E-state index contributed by atoms with van der Waals surface area (Å²) in [5.41, 5.74) is 6.20. The van der Waals surface area contributed by atoms with Gasteiger partial charge in [-0.3, -0.25) is 19.3 Å². The highest BCUT2D eigenvalue weighted by atomic mass is 16.5. The summed E-state index contributed by atoms with van der Waals surface area (Å²) in [7, 11) is 0. The minimum Gasteiger partial charge on any atom is -0.507 e. The second-order valence-electron chi connectivity index (χ2n) is 12.4. The van der Waals surface area contributed by atoms with E-state index in [1.54, 1.807) is 0 Å². The van der Waals surface area contributed by atoms with Crippen LogP contribution in [0.5, 0.6) is 5.75 Å². The Morgan fingerprint density at radius 2 is 1.68 bits per heavy atom. The Balaban J connectivity index is 1.34. The minimum absolute atomic E-state index is 0.0837. The first-order chi connectivity index (χ1) is 21.1. The smallest absolute Gasteiger partial charge is 0.230 e. The summed E-state index contributed by atoms with van der Waals surface area (Å²) in [6.45, 7) is 3.90. The van der Waals surface area contributed by atoms with Crippen LogP contribution in [-0.4, -0.2) is 80.8 Å². The molecular weight excluding hydrogens is 564 g/mol. The van der Waals surface area contributed by atoms with Crippen LogP contribution in [0.4, 0.5) is 0 Å². The lowest BCUT2D eigenvalue weighted by Crippen LogP contribution is -2.66. The Bertz CT molecular complexity index is 1760. The van der Waals surface area contributed by atoms with Gasteiger partial charge in [-0.1, -0.05) is 42.5 Å². The van der Waals surface area contributed by atoms with Crippen LogP contribution >= 0.6 is 0 Å². The summed E-state index contributed by atoms with van der Waals surface area (Å²) < 4.78 is 5.51. The second kappa shape index (κ2) is 10.5. The SMILES string of the molecule is NC(=O)C1C(=O)[C@@]2(O)C(=O)C3=C(O)c4c(O)ccc(-c5ccc(CN6CCOCC6)c6ccccc56)c4C[C@H]3C[C@H]2CC1O. The molecule has 10 nitrogen and oxygen atoms in total. The van der Waals surface area contributed by atoms with E-state index in [0.29, 0.717) is 18.8 Å². The van der Waals surface area contributed by atoms with Gasteiger partial charge in [-0.2, -0.15) is 0 Å². The summed E-state index contributed by atoms with van der Waals surface area (Å²) in [5.74, 6) is -7.28. The molecule has 5 atom stereocenters. The fourth-order valence-electron chi connectivity index (χ4n) is 7.91. The molecule has 3 aliphatic carbocycles. The second-order valence-corrected chi connectivity index (χ2v) is 12.4. The third kappa shape index (κ3) is 4.20. The number of phenolic OH excluding ortho intramolecular Hbond substituents is 1. The van der Waals surface area contributed by atoms with Crippen molar-refractivity contribution in [3.63, 3.8) is 0 Å².